The first-order valence-electron chi connectivity index (χ1n) is 4.12. The molecule has 0 spiro atoms. The number of pyridine rings is 1. The van der Waals surface area contributed by atoms with Gasteiger partial charge >= 0.3 is 0 Å². The predicted molar refractivity (Wildman–Crippen MR) is 52.0 cm³/mol. The summed E-state index contributed by atoms with van der Waals surface area (Å²) in [5.41, 5.74) is 11.5. The smallest absolute Gasteiger partial charge is 0.129 e. The number of anilines is 1. The van der Waals surface area contributed by atoms with Gasteiger partial charge in [-0.15, -0.1) is 0 Å². The summed E-state index contributed by atoms with van der Waals surface area (Å²) in [5, 5.41) is 9.85. The fourth-order valence-corrected chi connectivity index (χ4v) is 1.12. The number of nitrogen functional groups attached to an aromatic ring is 1. The molecule has 1 atom stereocenters. The summed E-state index contributed by atoms with van der Waals surface area (Å²) in [6, 6.07) is 1.80. The van der Waals surface area contributed by atoms with Crippen molar-refractivity contribution < 1.29 is 5.11 Å². The molecule has 1 aromatic heterocycles. The highest BCUT2D eigenvalue weighted by Gasteiger charge is 2.24. The highest BCUT2D eigenvalue weighted by Crippen LogP contribution is 2.24. The van der Waals surface area contributed by atoms with Gasteiger partial charge in [-0.05, 0) is 25.5 Å². The van der Waals surface area contributed by atoms with Crippen molar-refractivity contribution in [3.05, 3.63) is 23.4 Å². The number of nitrogens with two attached hydrogens (primary N) is 2. The molecule has 0 bridgehead atoms. The molecule has 72 valence electrons. The molecule has 0 aliphatic heterocycles. The van der Waals surface area contributed by atoms with E-state index in [2.05, 4.69) is 4.98 Å². The Morgan fingerprint density at radius 2 is 2.23 bits per heavy atom. The zero-order chi connectivity index (χ0) is 10.1. The summed E-state index contributed by atoms with van der Waals surface area (Å²) >= 11 is 0. The van der Waals surface area contributed by atoms with Gasteiger partial charge in [0.15, 0.2) is 0 Å². The second kappa shape index (κ2) is 3.32. The van der Waals surface area contributed by atoms with Crippen molar-refractivity contribution in [2.24, 2.45) is 5.73 Å². The summed E-state index contributed by atoms with van der Waals surface area (Å²) in [7, 11) is 0. The maximum atomic E-state index is 9.85. The Balaban J connectivity index is 3.20. The van der Waals surface area contributed by atoms with Gasteiger partial charge in [0.05, 0.1) is 0 Å². The lowest BCUT2D eigenvalue weighted by Gasteiger charge is -2.22. The highest BCUT2D eigenvalue weighted by atomic mass is 16.3. The summed E-state index contributed by atoms with van der Waals surface area (Å²) < 4.78 is 0. The third kappa shape index (κ3) is 1.96. The van der Waals surface area contributed by atoms with E-state index in [0.29, 0.717) is 11.4 Å². The number of aryl methyl sites for hydroxylation is 1. The topological polar surface area (TPSA) is 85.2 Å². The molecule has 1 heterocycles. The second-order valence-electron chi connectivity index (χ2n) is 3.42. The van der Waals surface area contributed by atoms with E-state index in [9.17, 15) is 5.11 Å². The van der Waals surface area contributed by atoms with E-state index in [1.807, 2.05) is 6.92 Å². The fraction of sp³-hybridized carbons (Fsp3) is 0.444. The van der Waals surface area contributed by atoms with Crippen LogP contribution in [0.4, 0.5) is 5.82 Å². The van der Waals surface area contributed by atoms with E-state index in [4.69, 9.17) is 11.5 Å². The fourth-order valence-electron chi connectivity index (χ4n) is 1.12. The van der Waals surface area contributed by atoms with Crippen LogP contribution in [-0.4, -0.2) is 16.6 Å². The van der Waals surface area contributed by atoms with E-state index in [1.165, 1.54) is 0 Å². The quantitative estimate of drug-likeness (QED) is 0.605. The number of nitrogens with zero attached hydrogens (tertiary/aromatic N) is 1. The Morgan fingerprint density at radius 3 is 2.77 bits per heavy atom. The Morgan fingerprint density at radius 1 is 1.62 bits per heavy atom. The molecule has 0 fully saturated rings. The van der Waals surface area contributed by atoms with Gasteiger partial charge in [-0.2, -0.15) is 0 Å². The molecule has 0 radical (unpaired) electrons. The number of rotatable bonds is 2. The number of hydrogen-bond acceptors (Lipinski definition) is 4. The van der Waals surface area contributed by atoms with Crippen LogP contribution in [0.5, 0.6) is 0 Å². The van der Waals surface area contributed by atoms with Crippen molar-refractivity contribution in [2.45, 2.75) is 19.4 Å². The first-order valence-corrected chi connectivity index (χ1v) is 4.12. The summed E-state index contributed by atoms with van der Waals surface area (Å²) in [5.74, 6) is 0.334. The third-order valence-corrected chi connectivity index (χ3v) is 2.03. The Kier molecular flexibility index (Phi) is 2.54. The number of hydrogen-bond donors (Lipinski definition) is 3. The minimum absolute atomic E-state index is 0.127. The van der Waals surface area contributed by atoms with Gasteiger partial charge in [-0.3, -0.25) is 0 Å². The molecule has 0 amide bonds. The second-order valence-corrected chi connectivity index (χ2v) is 3.42. The van der Waals surface area contributed by atoms with Crippen LogP contribution in [0, 0.1) is 6.92 Å². The van der Waals surface area contributed by atoms with Crippen molar-refractivity contribution in [3.8, 4) is 0 Å². The van der Waals surface area contributed by atoms with Crippen LogP contribution < -0.4 is 11.5 Å². The van der Waals surface area contributed by atoms with Crippen LogP contribution >= 0.6 is 0 Å². The molecular formula is C9H15N3O. The van der Waals surface area contributed by atoms with Gasteiger partial charge in [0.2, 0.25) is 0 Å². The number of aliphatic hydroxyl groups is 1. The lowest BCUT2D eigenvalue weighted by atomic mass is 9.96. The van der Waals surface area contributed by atoms with Crippen LogP contribution in [0.25, 0.3) is 0 Å². The first-order chi connectivity index (χ1) is 5.97. The SMILES string of the molecule is Cc1cnc(N)c(C(C)(O)CN)c1. The van der Waals surface area contributed by atoms with Gasteiger partial charge in [0.1, 0.15) is 11.4 Å². The van der Waals surface area contributed by atoms with Crippen molar-refractivity contribution in [3.63, 3.8) is 0 Å². The molecule has 1 rings (SSSR count). The zero-order valence-corrected chi connectivity index (χ0v) is 7.91. The van der Waals surface area contributed by atoms with E-state index in [0.717, 1.165) is 5.56 Å². The van der Waals surface area contributed by atoms with Gasteiger partial charge < -0.3 is 16.6 Å². The predicted octanol–water partition coefficient (Wildman–Crippen LogP) is 0.138. The highest BCUT2D eigenvalue weighted by molar-refractivity contribution is 5.44. The molecule has 4 heteroatoms. The average molecular weight is 181 g/mol. The molecule has 0 saturated heterocycles. The normalized spacial score (nSPS) is 15.4. The van der Waals surface area contributed by atoms with Crippen LogP contribution in [0.2, 0.25) is 0 Å². The van der Waals surface area contributed by atoms with Gasteiger partial charge in [-0.25, -0.2) is 4.98 Å². The standard InChI is InChI=1S/C9H15N3O/c1-6-3-7(8(11)12-4-6)9(2,13)5-10/h3-4,13H,5,10H2,1-2H3,(H2,11,12). The molecular weight excluding hydrogens is 166 g/mol. The van der Waals surface area contributed by atoms with Crippen molar-refractivity contribution >= 4 is 5.82 Å². The van der Waals surface area contributed by atoms with E-state index in [1.54, 1.807) is 19.2 Å². The summed E-state index contributed by atoms with van der Waals surface area (Å²) in [6.07, 6.45) is 1.66. The monoisotopic (exact) mass is 181 g/mol. The molecule has 0 aliphatic rings. The third-order valence-electron chi connectivity index (χ3n) is 2.03. The van der Waals surface area contributed by atoms with E-state index < -0.39 is 5.60 Å². The van der Waals surface area contributed by atoms with E-state index >= 15 is 0 Å². The van der Waals surface area contributed by atoms with Crippen molar-refractivity contribution in [1.82, 2.24) is 4.98 Å². The molecule has 0 aliphatic carbocycles. The Labute approximate surface area is 77.6 Å². The van der Waals surface area contributed by atoms with Gasteiger partial charge in [-0.1, -0.05) is 0 Å². The van der Waals surface area contributed by atoms with Crippen molar-refractivity contribution in [1.29, 1.82) is 0 Å². The Hall–Kier alpha value is -1.13. The molecule has 1 aromatic rings. The average Bonchev–Trinajstić information content (AvgIpc) is 2.09. The van der Waals surface area contributed by atoms with Gasteiger partial charge in [0.25, 0.3) is 0 Å². The lowest BCUT2D eigenvalue weighted by Crippen LogP contribution is -2.32. The Bertz CT molecular complexity index is 310. The number of aromatic nitrogens is 1. The van der Waals surface area contributed by atoms with Crippen LogP contribution in [0.1, 0.15) is 18.1 Å². The molecule has 13 heavy (non-hydrogen) atoms. The molecule has 5 N–H and O–H groups in total. The van der Waals surface area contributed by atoms with Crippen LogP contribution in [0.3, 0.4) is 0 Å². The minimum atomic E-state index is -1.09. The van der Waals surface area contributed by atoms with Crippen LogP contribution in [0.15, 0.2) is 12.3 Å². The van der Waals surface area contributed by atoms with E-state index in [-0.39, 0.29) is 6.54 Å². The first kappa shape index (κ1) is 9.95. The molecule has 4 nitrogen and oxygen atoms in total. The maximum absolute atomic E-state index is 9.85. The van der Waals surface area contributed by atoms with Crippen LogP contribution in [-0.2, 0) is 5.60 Å². The maximum Gasteiger partial charge on any atom is 0.129 e. The molecule has 0 saturated carbocycles. The molecule has 1 unspecified atom stereocenters. The summed E-state index contributed by atoms with van der Waals surface area (Å²) in [4.78, 5) is 3.96. The minimum Gasteiger partial charge on any atom is -0.384 e. The largest absolute Gasteiger partial charge is 0.384 e. The lowest BCUT2D eigenvalue weighted by molar-refractivity contribution is 0.0673. The van der Waals surface area contributed by atoms with Gasteiger partial charge in [0, 0.05) is 18.3 Å². The zero-order valence-electron chi connectivity index (χ0n) is 7.91. The molecule has 0 aromatic carbocycles. The summed E-state index contributed by atoms with van der Waals surface area (Å²) in [6.45, 7) is 3.64. The van der Waals surface area contributed by atoms with Crippen molar-refractivity contribution in [2.75, 3.05) is 12.3 Å².